The third-order valence-corrected chi connectivity index (χ3v) is 19.1. The molecule has 0 bridgehead atoms. The second-order valence-electron chi connectivity index (χ2n) is 25.3. The minimum Gasteiger partial charge on any atom is -0.394 e. The van der Waals surface area contributed by atoms with Gasteiger partial charge >= 0.3 is 15.6 Å². The first-order chi connectivity index (χ1) is 42.9. The number of hydrogen-bond acceptors (Lipinski definition) is 19. The van der Waals surface area contributed by atoms with Crippen LogP contribution >= 0.6 is 15.6 Å². The van der Waals surface area contributed by atoms with Crippen molar-refractivity contribution in [3.63, 3.8) is 0 Å². The zero-order chi connectivity index (χ0) is 68.0. The Labute approximate surface area is 542 Å². The minimum absolute atomic E-state index is 0.496. The van der Waals surface area contributed by atoms with E-state index in [1.807, 2.05) is 0 Å². The largest absolute Gasteiger partial charge is 0.483 e. The van der Waals surface area contributed by atoms with Gasteiger partial charge < -0.3 is 79.4 Å². The Morgan fingerprint density at radius 3 is 1.07 bits per heavy atom. The van der Waals surface area contributed by atoms with Crippen molar-refractivity contribution in [1.29, 1.82) is 0 Å². The van der Waals surface area contributed by atoms with Crippen molar-refractivity contribution < 1.29 is 102 Å². The Morgan fingerprint density at radius 2 is 0.692 bits per heavy atom. The standard InChI is InChI=1S/C68H114O21P2/c1-44(2)22-13-23-45(3)24-14-25-46(4)26-15-27-47(5)28-16-29-48(6)30-17-31-49(7)32-18-33-50(8)34-19-35-51(9)36-20-37-52(10)38-21-39-53(11)40-41-82-90(78,79)89-91(80,81)88-68-63(77)65(58(72)56(43-70)85-68)87-66-62(76)60(74)64(54(12)83-66)86-67-61(75)59(73)57(71)55(42-69)84-67/h22,24,26,28,30,32,34,36,38,40,54-77H,13-21,23,25,27,29,31,33,35,37,39,41-43H2,1-12H3,(H,78,79)(H,80,81)/b45-24+,46-26-,47-28-,48-30-,49-32-,50-34-,51-36-,52-38-,53-40-/t54-,55+,56+,57+,58-,59-,60-,61-,62+,63+,64-,65-,66-,67+,68-/m0/s1. The van der Waals surface area contributed by atoms with E-state index in [-0.39, 0.29) is 0 Å². The number of phosphoric acid groups is 2. The van der Waals surface area contributed by atoms with Crippen LogP contribution in [-0.2, 0) is 46.2 Å². The van der Waals surface area contributed by atoms with Crippen molar-refractivity contribution in [2.24, 2.45) is 0 Å². The van der Waals surface area contributed by atoms with Crippen molar-refractivity contribution in [1.82, 2.24) is 0 Å². The molecule has 3 rings (SSSR count). The van der Waals surface area contributed by atoms with Crippen LogP contribution in [0.25, 0.3) is 0 Å². The third kappa shape index (κ3) is 31.7. The zero-order valence-electron chi connectivity index (χ0n) is 56.2. The number of hydrogen-bond donors (Lipinski definition) is 11. The van der Waals surface area contributed by atoms with Gasteiger partial charge in [0.2, 0.25) is 0 Å². The van der Waals surface area contributed by atoms with Gasteiger partial charge in [0.1, 0.15) is 67.1 Å². The summed E-state index contributed by atoms with van der Waals surface area (Å²) in [6, 6.07) is 0. The van der Waals surface area contributed by atoms with E-state index in [4.69, 9.17) is 32.7 Å². The minimum atomic E-state index is -5.67. The molecule has 0 amide bonds. The van der Waals surface area contributed by atoms with E-state index in [1.54, 1.807) is 6.92 Å². The monoisotopic (exact) mass is 1330 g/mol. The number of rotatable bonds is 40. The zero-order valence-corrected chi connectivity index (χ0v) is 58.0. The number of ether oxygens (including phenoxy) is 5. The maximum absolute atomic E-state index is 13.0. The lowest BCUT2D eigenvalue weighted by atomic mass is 9.96. The fourth-order valence-electron chi connectivity index (χ4n) is 10.6. The quantitative estimate of drug-likeness (QED) is 0.0201. The lowest BCUT2D eigenvalue weighted by molar-refractivity contribution is -0.373. The van der Waals surface area contributed by atoms with E-state index in [0.717, 1.165) is 108 Å². The highest BCUT2D eigenvalue weighted by Gasteiger charge is 2.54. The molecule has 17 atom stereocenters. The second-order valence-corrected chi connectivity index (χ2v) is 28.3. The van der Waals surface area contributed by atoms with Gasteiger partial charge in [-0.15, -0.1) is 0 Å². The van der Waals surface area contributed by atoms with E-state index >= 15 is 0 Å². The molecule has 3 fully saturated rings. The molecule has 21 nitrogen and oxygen atoms in total. The first-order valence-corrected chi connectivity index (χ1v) is 35.4. The fraction of sp³-hybridized carbons (Fsp3) is 0.706. The molecule has 0 radical (unpaired) electrons. The lowest BCUT2D eigenvalue weighted by Gasteiger charge is -2.47. The highest BCUT2D eigenvalue weighted by molar-refractivity contribution is 7.61. The first kappa shape index (κ1) is 82.3. The molecule has 3 aliphatic heterocycles. The highest BCUT2D eigenvalue weighted by Crippen LogP contribution is 2.61. The molecular weight excluding hydrogens is 1210 g/mol. The van der Waals surface area contributed by atoms with Crippen LogP contribution in [-0.4, -0.2) is 168 Å². The van der Waals surface area contributed by atoms with Gasteiger partial charge in [-0.3, -0.25) is 9.05 Å². The molecule has 91 heavy (non-hydrogen) atoms. The van der Waals surface area contributed by atoms with Crippen LogP contribution in [0.3, 0.4) is 0 Å². The van der Waals surface area contributed by atoms with Crippen LogP contribution in [0.2, 0.25) is 0 Å². The molecule has 0 aromatic carbocycles. The van der Waals surface area contributed by atoms with Crippen LogP contribution in [0.5, 0.6) is 0 Å². The Hall–Kier alpha value is -2.90. The predicted molar refractivity (Wildman–Crippen MR) is 352 cm³/mol. The van der Waals surface area contributed by atoms with Gasteiger partial charge in [-0.25, -0.2) is 9.13 Å². The van der Waals surface area contributed by atoms with Crippen LogP contribution < -0.4 is 0 Å². The average Bonchev–Trinajstić information content (AvgIpc) is 1.04. The molecule has 23 heteroatoms. The Morgan fingerprint density at radius 1 is 0.374 bits per heavy atom. The smallest absolute Gasteiger partial charge is 0.394 e. The van der Waals surface area contributed by atoms with Crippen LogP contribution in [0.4, 0.5) is 0 Å². The van der Waals surface area contributed by atoms with Gasteiger partial charge in [-0.05, 0) is 199 Å². The summed E-state index contributed by atoms with van der Waals surface area (Å²) >= 11 is 0. The van der Waals surface area contributed by atoms with Crippen molar-refractivity contribution in [2.75, 3.05) is 19.8 Å². The average molecular weight is 1330 g/mol. The summed E-state index contributed by atoms with van der Waals surface area (Å²) in [6.45, 7) is 22.9. The molecule has 0 aromatic rings. The van der Waals surface area contributed by atoms with E-state index in [0.29, 0.717) is 12.8 Å². The molecule has 3 saturated heterocycles. The van der Waals surface area contributed by atoms with Gasteiger partial charge in [0.25, 0.3) is 0 Å². The summed E-state index contributed by atoms with van der Waals surface area (Å²) in [4.78, 5) is 20.8. The maximum Gasteiger partial charge on any atom is 0.483 e. The van der Waals surface area contributed by atoms with Crippen LogP contribution in [0.15, 0.2) is 116 Å². The third-order valence-electron chi connectivity index (χ3n) is 16.5. The topological polar surface area (TPSA) is 331 Å². The van der Waals surface area contributed by atoms with Crippen molar-refractivity contribution in [3.8, 4) is 0 Å². The second kappa shape index (κ2) is 42.6. The SMILES string of the molecule is CC(C)=CCC/C(C)=C/CC/C(C)=C\CC/C(C)=C\CC/C(C)=C\CC/C(C)=C\CC/C(C)=C\CC/C(C)=C\CC/C(C)=C\CC/C(C)=C\COP(=O)(O)OP(=O)(O)O[C@@H]1O[C@H](CO)[C@H](O)[C@H](O[C@@H]2O[C@@H](C)[C@H](O[C@H]3O[C@H](CO)[C@@H](O)[C@H](O)[C@@H]3O)[C@@H](O)[C@H]2O)[C@H]1O. The van der Waals surface area contributed by atoms with Gasteiger partial charge in [-0.1, -0.05) is 116 Å². The fourth-order valence-corrected chi connectivity index (χ4v) is 12.6. The molecule has 0 aliphatic carbocycles. The number of aliphatic hydroxyl groups is 9. The molecule has 0 aromatic heterocycles. The van der Waals surface area contributed by atoms with Crippen molar-refractivity contribution in [2.45, 2.75) is 291 Å². The lowest BCUT2D eigenvalue weighted by Crippen LogP contribution is -2.66. The number of allylic oxidation sites excluding steroid dienone is 19. The van der Waals surface area contributed by atoms with E-state index in [1.165, 1.54) is 63.2 Å². The summed E-state index contributed by atoms with van der Waals surface area (Å²) in [5, 5.41) is 94.1. The molecule has 522 valence electrons. The molecule has 0 spiro atoms. The molecule has 3 heterocycles. The molecule has 0 saturated carbocycles. The summed E-state index contributed by atoms with van der Waals surface area (Å²) in [5.41, 5.74) is 13.6. The normalized spacial score (nSPS) is 30.4. The van der Waals surface area contributed by atoms with Crippen molar-refractivity contribution >= 4 is 15.6 Å². The molecule has 2 unspecified atom stereocenters. The Bertz CT molecular complexity index is 2600. The molecule has 11 N–H and O–H groups in total. The Kier molecular flexibility index (Phi) is 38.6. The number of aliphatic hydroxyl groups excluding tert-OH is 9. The summed E-state index contributed by atoms with van der Waals surface area (Å²) in [7, 11) is -11.0. The van der Waals surface area contributed by atoms with Crippen LogP contribution in [0.1, 0.15) is 199 Å². The highest BCUT2D eigenvalue weighted by atomic mass is 31.3. The first-order valence-electron chi connectivity index (χ1n) is 32.4. The van der Waals surface area contributed by atoms with Gasteiger partial charge in [0.15, 0.2) is 18.9 Å². The van der Waals surface area contributed by atoms with Gasteiger partial charge in [0.05, 0.1) is 25.9 Å². The van der Waals surface area contributed by atoms with E-state index in [9.17, 15) is 64.9 Å². The summed E-state index contributed by atoms with van der Waals surface area (Å²) < 4.78 is 67.5. The number of phosphoric ester groups is 2. The molecule has 3 aliphatic rings. The predicted octanol–water partition coefficient (Wildman–Crippen LogP) is 11.2. The van der Waals surface area contributed by atoms with Gasteiger partial charge in [0, 0.05) is 0 Å². The van der Waals surface area contributed by atoms with E-state index in [2.05, 4.69) is 128 Å². The van der Waals surface area contributed by atoms with Gasteiger partial charge in [-0.2, -0.15) is 4.31 Å². The Balaban J connectivity index is 1.33. The summed E-state index contributed by atoms with van der Waals surface area (Å²) in [6.07, 6.45) is 13.9. The van der Waals surface area contributed by atoms with Crippen LogP contribution in [0, 0.1) is 0 Å². The molecular formula is C68H114O21P2. The summed E-state index contributed by atoms with van der Waals surface area (Å²) in [5.74, 6) is 0. The maximum atomic E-state index is 13.0. The van der Waals surface area contributed by atoms with Crippen molar-refractivity contribution in [3.05, 3.63) is 116 Å². The van der Waals surface area contributed by atoms with E-state index < -0.39 is 128 Å².